The molecule has 1 aromatic rings. The number of benzene rings is 1. The molecule has 0 bridgehead atoms. The monoisotopic (exact) mass is 302 g/mol. The van der Waals surface area contributed by atoms with Gasteiger partial charge >= 0.3 is 5.97 Å². The first-order valence-corrected chi connectivity index (χ1v) is 7.77. The normalized spacial score (nSPS) is 15.3. The van der Waals surface area contributed by atoms with Gasteiger partial charge in [-0.15, -0.1) is 0 Å². The number of hydrogen-bond donors (Lipinski definition) is 3. The van der Waals surface area contributed by atoms with Gasteiger partial charge in [-0.1, -0.05) is 12.1 Å². The summed E-state index contributed by atoms with van der Waals surface area (Å²) in [6, 6.07) is 4.25. The highest BCUT2D eigenvalue weighted by Gasteiger charge is 2.23. The second-order valence-corrected chi connectivity index (χ2v) is 6.84. The number of nitrogens with two attached hydrogens (primary N) is 1. The fraction of sp³-hybridized carbons (Fsp3) is 0.364. The average Bonchev–Trinajstić information content (AvgIpc) is 2.35. The van der Waals surface area contributed by atoms with Crippen molar-refractivity contribution in [1.29, 1.82) is 0 Å². The Bertz CT molecular complexity index is 562. The average molecular weight is 302 g/mol. The first kappa shape index (κ1) is 16.3. The minimum Gasteiger partial charge on any atom is -0.480 e. The van der Waals surface area contributed by atoms with Gasteiger partial charge in [-0.3, -0.25) is 19.5 Å². The highest BCUT2D eigenvalue weighted by Crippen LogP contribution is 2.45. The van der Waals surface area contributed by atoms with Crippen molar-refractivity contribution in [3.8, 4) is 0 Å². The van der Waals surface area contributed by atoms with Crippen LogP contribution in [0.5, 0.6) is 0 Å². The molecule has 0 aliphatic heterocycles. The molecular weight excluding hydrogens is 287 g/mol. The van der Waals surface area contributed by atoms with Crippen LogP contribution in [0, 0.1) is 10.1 Å². The Morgan fingerprint density at radius 2 is 2.15 bits per heavy atom. The zero-order valence-electron chi connectivity index (χ0n) is 10.5. The Hall–Kier alpha value is -1.76. The molecule has 1 aromatic carbocycles. The van der Waals surface area contributed by atoms with Gasteiger partial charge in [0.15, 0.2) is 0 Å². The van der Waals surface area contributed by atoms with Crippen LogP contribution in [0.15, 0.2) is 24.3 Å². The lowest BCUT2D eigenvalue weighted by molar-refractivity contribution is -0.384. The number of aliphatic carboxylic acids is 1. The Morgan fingerprint density at radius 1 is 1.50 bits per heavy atom. The van der Waals surface area contributed by atoms with Crippen molar-refractivity contribution < 1.29 is 24.3 Å². The van der Waals surface area contributed by atoms with Crippen LogP contribution in [0.4, 0.5) is 5.69 Å². The van der Waals surface area contributed by atoms with Gasteiger partial charge < -0.3 is 15.7 Å². The van der Waals surface area contributed by atoms with Crippen LogP contribution in [0.2, 0.25) is 0 Å². The van der Waals surface area contributed by atoms with Crippen molar-refractivity contribution in [1.82, 2.24) is 0 Å². The van der Waals surface area contributed by atoms with Gasteiger partial charge in [-0.05, 0) is 12.0 Å². The quantitative estimate of drug-likeness (QED) is 0.389. The third-order valence-electron chi connectivity index (χ3n) is 2.66. The molecule has 1 rings (SSSR count). The maximum absolute atomic E-state index is 11.9. The van der Waals surface area contributed by atoms with Crippen molar-refractivity contribution in [3.63, 3.8) is 0 Å². The Kier molecular flexibility index (Phi) is 5.38. The van der Waals surface area contributed by atoms with Gasteiger partial charge in [0.1, 0.15) is 6.04 Å². The van der Waals surface area contributed by atoms with Crippen LogP contribution in [0.1, 0.15) is 12.0 Å². The van der Waals surface area contributed by atoms with Crippen LogP contribution in [-0.2, 0) is 15.5 Å². The standard InChI is InChI=1S/C11H15N2O6P/c12-10(11(14)15)4-5-20(18,19)7-8-2-1-3-9(6-8)13(16)17/h1-3,6,10H,4-5,7,12H2,(H,14,15)(H,18,19)/t10-/m0/s1. The Labute approximate surface area is 114 Å². The summed E-state index contributed by atoms with van der Waals surface area (Å²) in [5, 5.41) is 19.2. The number of carboxylic acids is 1. The molecule has 0 saturated carbocycles. The third-order valence-corrected chi connectivity index (χ3v) is 4.47. The van der Waals surface area contributed by atoms with Crippen molar-refractivity contribution in [3.05, 3.63) is 39.9 Å². The van der Waals surface area contributed by atoms with Gasteiger partial charge in [-0.25, -0.2) is 0 Å². The molecule has 110 valence electrons. The molecule has 0 amide bonds. The predicted octanol–water partition coefficient (Wildman–Crippen LogP) is 1.17. The van der Waals surface area contributed by atoms with E-state index in [0.717, 1.165) is 0 Å². The number of nitrogens with zero attached hydrogens (tertiary/aromatic N) is 1. The highest BCUT2D eigenvalue weighted by molar-refractivity contribution is 7.57. The zero-order valence-corrected chi connectivity index (χ0v) is 11.4. The largest absolute Gasteiger partial charge is 0.480 e. The van der Waals surface area contributed by atoms with E-state index < -0.39 is 24.3 Å². The summed E-state index contributed by atoms with van der Waals surface area (Å²) < 4.78 is 11.9. The first-order valence-electron chi connectivity index (χ1n) is 5.74. The molecule has 0 aliphatic rings. The van der Waals surface area contributed by atoms with Gasteiger partial charge in [0, 0.05) is 24.5 Å². The van der Waals surface area contributed by atoms with Crippen LogP contribution < -0.4 is 5.73 Å². The van der Waals surface area contributed by atoms with Crippen LogP contribution in [0.3, 0.4) is 0 Å². The molecule has 0 fully saturated rings. The second-order valence-electron chi connectivity index (χ2n) is 4.39. The summed E-state index contributed by atoms with van der Waals surface area (Å²) in [5.41, 5.74) is 5.45. The number of carbonyl (C=O) groups is 1. The van der Waals surface area contributed by atoms with Crippen LogP contribution in [-0.4, -0.2) is 33.1 Å². The molecule has 2 atom stereocenters. The van der Waals surface area contributed by atoms with E-state index in [9.17, 15) is 24.4 Å². The second kappa shape index (κ2) is 6.60. The maximum atomic E-state index is 11.9. The van der Waals surface area contributed by atoms with Gasteiger partial charge in [-0.2, -0.15) is 0 Å². The van der Waals surface area contributed by atoms with E-state index in [2.05, 4.69) is 0 Å². The van der Waals surface area contributed by atoms with Crippen molar-refractivity contribution in [2.75, 3.05) is 6.16 Å². The molecule has 0 radical (unpaired) electrons. The zero-order chi connectivity index (χ0) is 15.3. The Morgan fingerprint density at radius 3 is 2.70 bits per heavy atom. The molecule has 1 unspecified atom stereocenters. The minimum absolute atomic E-state index is 0.127. The van der Waals surface area contributed by atoms with Gasteiger partial charge in [0.25, 0.3) is 5.69 Å². The lowest BCUT2D eigenvalue weighted by atomic mass is 10.2. The van der Waals surface area contributed by atoms with E-state index in [1.165, 1.54) is 24.3 Å². The topological polar surface area (TPSA) is 144 Å². The Balaban J connectivity index is 2.71. The molecule has 9 heteroatoms. The van der Waals surface area contributed by atoms with E-state index in [-0.39, 0.29) is 24.4 Å². The number of rotatable bonds is 7. The maximum Gasteiger partial charge on any atom is 0.320 e. The molecule has 8 nitrogen and oxygen atoms in total. The first-order chi connectivity index (χ1) is 9.21. The SMILES string of the molecule is N[C@@H](CCP(=O)(O)Cc1cccc([N+](=O)[O-])c1)C(=O)O. The molecule has 20 heavy (non-hydrogen) atoms. The number of hydrogen-bond acceptors (Lipinski definition) is 5. The van der Waals surface area contributed by atoms with E-state index in [0.29, 0.717) is 5.56 Å². The van der Waals surface area contributed by atoms with E-state index >= 15 is 0 Å². The minimum atomic E-state index is -3.62. The van der Waals surface area contributed by atoms with E-state index in [1.54, 1.807) is 0 Å². The molecule has 4 N–H and O–H groups in total. The number of nitro benzene ring substituents is 1. The molecule has 0 aromatic heterocycles. The summed E-state index contributed by atoms with van der Waals surface area (Å²) in [4.78, 5) is 30.3. The molecule has 0 saturated heterocycles. The summed E-state index contributed by atoms with van der Waals surface area (Å²) in [7, 11) is -3.62. The lowest BCUT2D eigenvalue weighted by Gasteiger charge is -2.13. The van der Waals surface area contributed by atoms with Crippen molar-refractivity contribution >= 4 is 19.0 Å². The van der Waals surface area contributed by atoms with Crippen LogP contribution >= 0.6 is 7.37 Å². The van der Waals surface area contributed by atoms with Crippen molar-refractivity contribution in [2.45, 2.75) is 18.6 Å². The van der Waals surface area contributed by atoms with E-state index in [4.69, 9.17) is 10.8 Å². The summed E-state index contributed by atoms with van der Waals surface area (Å²) in [6.07, 6.45) is -0.623. The third kappa shape index (κ3) is 5.08. The number of nitro groups is 1. The van der Waals surface area contributed by atoms with Gasteiger partial charge in [0.05, 0.1) is 4.92 Å². The fourth-order valence-corrected chi connectivity index (χ4v) is 3.20. The summed E-state index contributed by atoms with van der Waals surface area (Å²) >= 11 is 0. The molecule has 0 heterocycles. The predicted molar refractivity (Wildman–Crippen MR) is 71.7 cm³/mol. The summed E-state index contributed by atoms with van der Waals surface area (Å²) in [5.74, 6) is -1.24. The smallest absolute Gasteiger partial charge is 0.320 e. The number of non-ortho nitro benzene ring substituents is 1. The molecular formula is C11H15N2O6P. The number of carboxylic acid groups (broad SMARTS) is 1. The van der Waals surface area contributed by atoms with E-state index in [1.807, 2.05) is 0 Å². The fourth-order valence-electron chi connectivity index (χ4n) is 1.60. The highest BCUT2D eigenvalue weighted by atomic mass is 31.2. The lowest BCUT2D eigenvalue weighted by Crippen LogP contribution is -2.30. The molecule has 0 spiro atoms. The molecule has 0 aliphatic carbocycles. The summed E-state index contributed by atoms with van der Waals surface area (Å²) in [6.45, 7) is 0. The van der Waals surface area contributed by atoms with Crippen LogP contribution in [0.25, 0.3) is 0 Å². The van der Waals surface area contributed by atoms with Gasteiger partial charge in [0.2, 0.25) is 7.37 Å². The van der Waals surface area contributed by atoms with Crippen molar-refractivity contribution in [2.24, 2.45) is 5.73 Å².